The molecular formula is C14H20N4O. The molecule has 2 N–H and O–H groups in total. The van der Waals surface area contributed by atoms with Crippen LogP contribution in [0.1, 0.15) is 23.7 Å². The molecule has 0 bridgehead atoms. The Hall–Kier alpha value is -2.22. The van der Waals surface area contributed by atoms with Crippen molar-refractivity contribution in [1.29, 1.82) is 5.26 Å². The van der Waals surface area contributed by atoms with Gasteiger partial charge in [-0.25, -0.2) is 0 Å². The van der Waals surface area contributed by atoms with Crippen LogP contribution in [-0.2, 0) is 0 Å². The smallest absolute Gasteiger partial charge is 0.253 e. The average Bonchev–Trinajstić information content (AvgIpc) is 2.36. The first-order chi connectivity index (χ1) is 8.88. The van der Waals surface area contributed by atoms with Crippen LogP contribution in [0.4, 0.5) is 11.4 Å². The van der Waals surface area contributed by atoms with Crippen LogP contribution in [0.2, 0.25) is 0 Å². The third-order valence-electron chi connectivity index (χ3n) is 3.12. The highest BCUT2D eigenvalue weighted by Crippen LogP contribution is 2.23. The molecule has 1 amide bonds. The summed E-state index contributed by atoms with van der Waals surface area (Å²) in [6, 6.07) is 7.20. The normalized spacial score (nSPS) is 11.5. The number of rotatable bonds is 4. The Bertz CT molecular complexity index is 505. The molecule has 0 aromatic heterocycles. The highest BCUT2D eigenvalue weighted by Gasteiger charge is 2.18. The maximum atomic E-state index is 12.2. The zero-order valence-corrected chi connectivity index (χ0v) is 11.8. The lowest BCUT2D eigenvalue weighted by Gasteiger charge is -2.23. The predicted molar refractivity (Wildman–Crippen MR) is 77.0 cm³/mol. The molecule has 0 aliphatic rings. The second-order valence-corrected chi connectivity index (χ2v) is 4.80. The largest absolute Gasteiger partial charge is 0.397 e. The Morgan fingerprint density at radius 2 is 2.05 bits per heavy atom. The van der Waals surface area contributed by atoms with Gasteiger partial charge in [-0.2, -0.15) is 5.26 Å². The molecule has 1 unspecified atom stereocenters. The van der Waals surface area contributed by atoms with Crippen LogP contribution in [0.15, 0.2) is 18.2 Å². The van der Waals surface area contributed by atoms with Crippen molar-refractivity contribution in [2.45, 2.75) is 19.4 Å². The third kappa shape index (κ3) is 3.38. The van der Waals surface area contributed by atoms with Crippen molar-refractivity contribution in [2.75, 3.05) is 31.8 Å². The van der Waals surface area contributed by atoms with Gasteiger partial charge < -0.3 is 15.5 Å². The number of nitrogens with two attached hydrogens (primary N) is 1. The SMILES string of the molecule is CC(CC#N)N(C)C(=O)c1ccc(N(C)C)c(N)c1. The maximum Gasteiger partial charge on any atom is 0.253 e. The average molecular weight is 260 g/mol. The molecule has 102 valence electrons. The summed E-state index contributed by atoms with van der Waals surface area (Å²) in [4.78, 5) is 15.7. The molecule has 1 aromatic rings. The number of carbonyl (C=O) groups excluding carboxylic acids is 1. The Labute approximate surface area is 114 Å². The molecular weight excluding hydrogens is 240 g/mol. The fourth-order valence-corrected chi connectivity index (χ4v) is 1.77. The van der Waals surface area contributed by atoms with Crippen molar-refractivity contribution in [3.8, 4) is 6.07 Å². The van der Waals surface area contributed by atoms with Crippen molar-refractivity contribution in [1.82, 2.24) is 4.90 Å². The molecule has 1 atom stereocenters. The van der Waals surface area contributed by atoms with Gasteiger partial charge in [0, 0.05) is 32.7 Å². The van der Waals surface area contributed by atoms with E-state index in [-0.39, 0.29) is 11.9 Å². The number of hydrogen-bond donors (Lipinski definition) is 1. The molecule has 5 heteroatoms. The van der Waals surface area contributed by atoms with E-state index in [1.807, 2.05) is 32.0 Å². The fraction of sp³-hybridized carbons (Fsp3) is 0.429. The lowest BCUT2D eigenvalue weighted by Crippen LogP contribution is -2.34. The Balaban J connectivity index is 2.95. The molecule has 0 fully saturated rings. The second-order valence-electron chi connectivity index (χ2n) is 4.80. The van der Waals surface area contributed by atoms with Crippen LogP contribution < -0.4 is 10.6 Å². The van der Waals surface area contributed by atoms with Crippen LogP contribution in [0.5, 0.6) is 0 Å². The highest BCUT2D eigenvalue weighted by atomic mass is 16.2. The number of benzene rings is 1. The molecule has 19 heavy (non-hydrogen) atoms. The van der Waals surface area contributed by atoms with Crippen LogP contribution in [0.3, 0.4) is 0 Å². The van der Waals surface area contributed by atoms with E-state index in [9.17, 15) is 4.79 Å². The van der Waals surface area contributed by atoms with E-state index in [4.69, 9.17) is 11.0 Å². The Kier molecular flexibility index (Phi) is 4.76. The minimum absolute atomic E-state index is 0.118. The zero-order valence-electron chi connectivity index (χ0n) is 11.8. The van der Waals surface area contributed by atoms with Crippen molar-refractivity contribution in [3.05, 3.63) is 23.8 Å². The van der Waals surface area contributed by atoms with Gasteiger partial charge in [0.05, 0.1) is 23.9 Å². The van der Waals surface area contributed by atoms with Gasteiger partial charge >= 0.3 is 0 Å². The first-order valence-corrected chi connectivity index (χ1v) is 6.09. The van der Waals surface area contributed by atoms with Gasteiger partial charge in [-0.1, -0.05) is 0 Å². The zero-order chi connectivity index (χ0) is 14.6. The standard InChI is InChI=1S/C14H20N4O/c1-10(7-8-15)18(4)14(19)11-5-6-13(17(2)3)12(16)9-11/h5-6,9-10H,7,16H2,1-4H3. The summed E-state index contributed by atoms with van der Waals surface area (Å²) in [6.07, 6.45) is 0.313. The number of nitrogens with zero attached hydrogens (tertiary/aromatic N) is 3. The van der Waals surface area contributed by atoms with Crippen molar-refractivity contribution >= 4 is 17.3 Å². The van der Waals surface area contributed by atoms with Crippen LogP contribution in [0.25, 0.3) is 0 Å². The lowest BCUT2D eigenvalue weighted by atomic mass is 10.1. The second kappa shape index (κ2) is 6.10. The van der Waals surface area contributed by atoms with E-state index >= 15 is 0 Å². The molecule has 1 aromatic carbocycles. The first-order valence-electron chi connectivity index (χ1n) is 6.09. The lowest BCUT2D eigenvalue weighted by molar-refractivity contribution is 0.0746. The summed E-state index contributed by atoms with van der Waals surface area (Å²) in [5, 5.41) is 8.67. The molecule has 0 spiro atoms. The molecule has 0 saturated heterocycles. The molecule has 0 aliphatic carbocycles. The van der Waals surface area contributed by atoms with Crippen molar-refractivity contribution in [3.63, 3.8) is 0 Å². The maximum absolute atomic E-state index is 12.2. The molecule has 0 radical (unpaired) electrons. The first kappa shape index (κ1) is 14.8. The summed E-state index contributed by atoms with van der Waals surface area (Å²) in [5.41, 5.74) is 7.91. The third-order valence-corrected chi connectivity index (χ3v) is 3.12. The van der Waals surface area contributed by atoms with Crippen molar-refractivity contribution in [2.24, 2.45) is 0 Å². The van der Waals surface area contributed by atoms with Gasteiger partial charge in [-0.05, 0) is 25.1 Å². The number of nitriles is 1. The number of anilines is 2. The van der Waals surface area contributed by atoms with Gasteiger partial charge in [0.15, 0.2) is 0 Å². The summed E-state index contributed by atoms with van der Waals surface area (Å²) in [6.45, 7) is 1.85. The predicted octanol–water partition coefficient (Wildman–Crippen LogP) is 1.71. The molecule has 0 saturated carbocycles. The van der Waals surface area contributed by atoms with Gasteiger partial charge in [-0.3, -0.25) is 4.79 Å². The summed E-state index contributed by atoms with van der Waals surface area (Å²) in [7, 11) is 5.49. The minimum Gasteiger partial charge on any atom is -0.397 e. The number of nitrogen functional groups attached to an aromatic ring is 1. The summed E-state index contributed by atoms with van der Waals surface area (Å²) in [5.74, 6) is -0.125. The van der Waals surface area contributed by atoms with Crippen LogP contribution >= 0.6 is 0 Å². The van der Waals surface area contributed by atoms with E-state index in [1.54, 1.807) is 24.1 Å². The number of hydrogen-bond acceptors (Lipinski definition) is 4. The van der Waals surface area contributed by atoms with E-state index in [2.05, 4.69) is 6.07 Å². The van der Waals surface area contributed by atoms with E-state index < -0.39 is 0 Å². The topological polar surface area (TPSA) is 73.4 Å². The summed E-state index contributed by atoms with van der Waals surface area (Å²) >= 11 is 0. The Morgan fingerprint density at radius 3 is 2.53 bits per heavy atom. The van der Waals surface area contributed by atoms with Crippen LogP contribution in [0, 0.1) is 11.3 Å². The molecule has 0 aliphatic heterocycles. The highest BCUT2D eigenvalue weighted by molar-refractivity contribution is 5.96. The van der Waals surface area contributed by atoms with Gasteiger partial charge in [0.1, 0.15) is 0 Å². The quantitative estimate of drug-likeness (QED) is 0.836. The van der Waals surface area contributed by atoms with Gasteiger partial charge in [-0.15, -0.1) is 0 Å². The van der Waals surface area contributed by atoms with E-state index in [0.717, 1.165) is 5.69 Å². The van der Waals surface area contributed by atoms with Crippen LogP contribution in [-0.4, -0.2) is 38.0 Å². The molecule has 0 heterocycles. The van der Waals surface area contributed by atoms with Crippen molar-refractivity contribution < 1.29 is 4.79 Å². The number of carbonyl (C=O) groups is 1. The Morgan fingerprint density at radius 1 is 1.42 bits per heavy atom. The monoisotopic (exact) mass is 260 g/mol. The summed E-state index contributed by atoms with van der Waals surface area (Å²) < 4.78 is 0. The van der Waals surface area contributed by atoms with E-state index in [0.29, 0.717) is 17.7 Å². The van der Waals surface area contributed by atoms with Gasteiger partial charge in [0.25, 0.3) is 5.91 Å². The minimum atomic E-state index is -0.125. The van der Waals surface area contributed by atoms with Gasteiger partial charge in [0.2, 0.25) is 0 Å². The molecule has 1 rings (SSSR count). The number of amides is 1. The fourth-order valence-electron chi connectivity index (χ4n) is 1.77. The molecule has 5 nitrogen and oxygen atoms in total. The van der Waals surface area contributed by atoms with E-state index in [1.165, 1.54) is 0 Å².